The molecule has 0 bridgehead atoms. The van der Waals surface area contributed by atoms with Gasteiger partial charge < -0.3 is 10.0 Å². The first-order valence-electron chi connectivity index (χ1n) is 7.50. The molecule has 1 N–H and O–H groups in total. The summed E-state index contributed by atoms with van der Waals surface area (Å²) < 4.78 is 14.2. The fourth-order valence-electron chi connectivity index (χ4n) is 3.04. The summed E-state index contributed by atoms with van der Waals surface area (Å²) in [7, 11) is 1.98. The SMILES string of the molecule is C[C@@H](O)c1ccc(N(C)C2CCC(C)(C)CC2)c(F)c1. The lowest BCUT2D eigenvalue weighted by molar-refractivity contribution is 0.198. The van der Waals surface area contributed by atoms with E-state index >= 15 is 0 Å². The third-order valence-corrected chi connectivity index (χ3v) is 4.69. The fraction of sp³-hybridized carbons (Fsp3) is 0.647. The second-order valence-corrected chi connectivity index (χ2v) is 6.89. The topological polar surface area (TPSA) is 23.5 Å². The third-order valence-electron chi connectivity index (χ3n) is 4.69. The zero-order valence-corrected chi connectivity index (χ0v) is 13.0. The van der Waals surface area contributed by atoms with Crippen LogP contribution in [0.3, 0.4) is 0 Å². The van der Waals surface area contributed by atoms with E-state index < -0.39 is 6.10 Å². The average Bonchev–Trinajstić information content (AvgIpc) is 2.37. The summed E-state index contributed by atoms with van der Waals surface area (Å²) in [6.45, 7) is 6.27. The molecule has 112 valence electrons. The molecule has 0 unspecified atom stereocenters. The highest BCUT2D eigenvalue weighted by Gasteiger charge is 2.29. The first-order chi connectivity index (χ1) is 9.30. The molecule has 1 saturated carbocycles. The second-order valence-electron chi connectivity index (χ2n) is 6.89. The molecular formula is C17H26FNO. The van der Waals surface area contributed by atoms with Gasteiger partial charge in [0.15, 0.2) is 0 Å². The van der Waals surface area contributed by atoms with Crippen LogP contribution in [-0.2, 0) is 0 Å². The molecule has 0 saturated heterocycles. The molecule has 1 fully saturated rings. The Labute approximate surface area is 121 Å². The van der Waals surface area contributed by atoms with Crippen molar-refractivity contribution < 1.29 is 9.50 Å². The van der Waals surface area contributed by atoms with E-state index in [4.69, 9.17) is 0 Å². The van der Waals surface area contributed by atoms with E-state index in [-0.39, 0.29) is 5.82 Å². The molecule has 1 aromatic carbocycles. The molecule has 0 aliphatic heterocycles. The van der Waals surface area contributed by atoms with Crippen LogP contribution in [0.4, 0.5) is 10.1 Å². The zero-order chi connectivity index (χ0) is 14.9. The Morgan fingerprint density at radius 1 is 1.30 bits per heavy atom. The second kappa shape index (κ2) is 5.72. The molecule has 0 heterocycles. The van der Waals surface area contributed by atoms with Gasteiger partial charge in [-0.1, -0.05) is 19.9 Å². The minimum atomic E-state index is -0.626. The number of halogens is 1. The molecule has 20 heavy (non-hydrogen) atoms. The molecule has 1 aliphatic carbocycles. The predicted octanol–water partition coefficient (Wildman–Crippen LogP) is 4.28. The lowest BCUT2D eigenvalue weighted by Crippen LogP contribution is -2.37. The number of hydrogen-bond donors (Lipinski definition) is 1. The maximum atomic E-state index is 14.2. The Kier molecular flexibility index (Phi) is 4.38. The van der Waals surface area contributed by atoms with E-state index in [1.165, 1.54) is 18.9 Å². The van der Waals surface area contributed by atoms with Crippen LogP contribution in [0.25, 0.3) is 0 Å². The first-order valence-corrected chi connectivity index (χ1v) is 7.50. The number of anilines is 1. The van der Waals surface area contributed by atoms with Crippen molar-refractivity contribution in [1.82, 2.24) is 0 Å². The van der Waals surface area contributed by atoms with Gasteiger partial charge in [-0.15, -0.1) is 0 Å². The van der Waals surface area contributed by atoms with Crippen molar-refractivity contribution >= 4 is 5.69 Å². The lowest BCUT2D eigenvalue weighted by atomic mass is 9.75. The van der Waals surface area contributed by atoms with Gasteiger partial charge in [0.1, 0.15) is 5.82 Å². The molecule has 3 heteroatoms. The monoisotopic (exact) mass is 279 g/mol. The van der Waals surface area contributed by atoms with Crippen LogP contribution in [0.15, 0.2) is 18.2 Å². The van der Waals surface area contributed by atoms with E-state index in [2.05, 4.69) is 18.7 Å². The van der Waals surface area contributed by atoms with E-state index in [0.29, 0.717) is 22.7 Å². The van der Waals surface area contributed by atoms with Gasteiger partial charge in [-0.2, -0.15) is 0 Å². The largest absolute Gasteiger partial charge is 0.389 e. The summed E-state index contributed by atoms with van der Waals surface area (Å²) in [5.74, 6) is -0.240. The van der Waals surface area contributed by atoms with Gasteiger partial charge in [-0.05, 0) is 55.7 Å². The van der Waals surface area contributed by atoms with Gasteiger partial charge in [0.25, 0.3) is 0 Å². The predicted molar refractivity (Wildman–Crippen MR) is 81.5 cm³/mol. The smallest absolute Gasteiger partial charge is 0.146 e. The Morgan fingerprint density at radius 3 is 2.40 bits per heavy atom. The molecule has 2 rings (SSSR count). The summed E-state index contributed by atoms with van der Waals surface area (Å²) in [5, 5.41) is 9.50. The summed E-state index contributed by atoms with van der Waals surface area (Å²) in [4.78, 5) is 2.07. The van der Waals surface area contributed by atoms with Crippen molar-refractivity contribution in [2.75, 3.05) is 11.9 Å². The van der Waals surface area contributed by atoms with Crippen molar-refractivity contribution in [2.24, 2.45) is 5.41 Å². The summed E-state index contributed by atoms with van der Waals surface area (Å²) in [5.41, 5.74) is 1.69. The molecule has 2 nitrogen and oxygen atoms in total. The van der Waals surface area contributed by atoms with E-state index in [0.717, 1.165) is 12.8 Å². The van der Waals surface area contributed by atoms with Crippen LogP contribution in [0.2, 0.25) is 0 Å². The quantitative estimate of drug-likeness (QED) is 0.892. The highest BCUT2D eigenvalue weighted by molar-refractivity contribution is 5.49. The van der Waals surface area contributed by atoms with Crippen molar-refractivity contribution in [2.45, 2.75) is 58.6 Å². The van der Waals surface area contributed by atoms with Crippen molar-refractivity contribution in [3.05, 3.63) is 29.6 Å². The van der Waals surface area contributed by atoms with Gasteiger partial charge in [0, 0.05) is 13.1 Å². The summed E-state index contributed by atoms with van der Waals surface area (Å²) in [6.07, 6.45) is 3.98. The molecule has 0 spiro atoms. The maximum Gasteiger partial charge on any atom is 0.146 e. The highest BCUT2D eigenvalue weighted by atomic mass is 19.1. The van der Waals surface area contributed by atoms with Crippen LogP contribution >= 0.6 is 0 Å². The standard InChI is InChI=1S/C17H26FNO/c1-12(20)13-5-6-16(15(18)11-13)19(4)14-7-9-17(2,3)10-8-14/h5-6,11-12,14,20H,7-10H2,1-4H3/t12-/m1/s1. The van der Waals surface area contributed by atoms with Crippen LogP contribution in [0, 0.1) is 11.2 Å². The Balaban J connectivity index is 2.12. The minimum Gasteiger partial charge on any atom is -0.389 e. The number of aliphatic hydroxyl groups is 1. The van der Waals surface area contributed by atoms with Crippen LogP contribution in [-0.4, -0.2) is 18.2 Å². The summed E-state index contributed by atoms with van der Waals surface area (Å²) >= 11 is 0. The van der Waals surface area contributed by atoms with Crippen molar-refractivity contribution in [3.63, 3.8) is 0 Å². The number of aliphatic hydroxyl groups excluding tert-OH is 1. The van der Waals surface area contributed by atoms with Crippen molar-refractivity contribution in [3.8, 4) is 0 Å². The van der Waals surface area contributed by atoms with Crippen LogP contribution in [0.1, 0.15) is 58.1 Å². The Morgan fingerprint density at radius 2 is 1.90 bits per heavy atom. The number of benzene rings is 1. The molecule has 0 amide bonds. The molecule has 0 radical (unpaired) electrons. The van der Waals surface area contributed by atoms with E-state index in [1.54, 1.807) is 13.0 Å². The van der Waals surface area contributed by atoms with Crippen molar-refractivity contribution in [1.29, 1.82) is 0 Å². The van der Waals surface area contributed by atoms with Gasteiger partial charge in [-0.3, -0.25) is 0 Å². The normalized spacial score (nSPS) is 20.7. The van der Waals surface area contributed by atoms with E-state index in [9.17, 15) is 9.50 Å². The highest BCUT2D eigenvalue weighted by Crippen LogP contribution is 2.38. The molecule has 1 aromatic rings. The third kappa shape index (κ3) is 3.32. The fourth-order valence-corrected chi connectivity index (χ4v) is 3.04. The van der Waals surface area contributed by atoms with Crippen LogP contribution < -0.4 is 4.90 Å². The van der Waals surface area contributed by atoms with Gasteiger partial charge >= 0.3 is 0 Å². The maximum absolute atomic E-state index is 14.2. The van der Waals surface area contributed by atoms with Gasteiger partial charge in [0.2, 0.25) is 0 Å². The Bertz CT molecular complexity index is 460. The number of nitrogens with zero attached hydrogens (tertiary/aromatic N) is 1. The first kappa shape index (κ1) is 15.3. The Hall–Kier alpha value is -1.09. The molecule has 1 aliphatic rings. The summed E-state index contributed by atoms with van der Waals surface area (Å²) in [6, 6.07) is 5.46. The van der Waals surface area contributed by atoms with Crippen LogP contribution in [0.5, 0.6) is 0 Å². The number of rotatable bonds is 3. The molecular weight excluding hydrogens is 253 g/mol. The molecule has 1 atom stereocenters. The van der Waals surface area contributed by atoms with Gasteiger partial charge in [-0.25, -0.2) is 4.39 Å². The minimum absolute atomic E-state index is 0.240. The average molecular weight is 279 g/mol. The number of hydrogen-bond acceptors (Lipinski definition) is 2. The zero-order valence-electron chi connectivity index (χ0n) is 13.0. The molecule has 0 aromatic heterocycles. The van der Waals surface area contributed by atoms with Gasteiger partial charge in [0.05, 0.1) is 11.8 Å². The van der Waals surface area contributed by atoms with E-state index in [1.807, 2.05) is 13.1 Å². The lowest BCUT2D eigenvalue weighted by Gasteiger charge is -2.39.